The first-order valence-corrected chi connectivity index (χ1v) is 5.18. The van der Waals surface area contributed by atoms with Gasteiger partial charge in [0, 0.05) is 5.56 Å². The number of carbonyl (C=O) groups excluding carboxylic acids is 2. The molecule has 1 heterocycles. The van der Waals surface area contributed by atoms with Gasteiger partial charge < -0.3 is 14.6 Å². The summed E-state index contributed by atoms with van der Waals surface area (Å²) >= 11 is 0. The number of hydrogen-bond acceptors (Lipinski definition) is 5. The van der Waals surface area contributed by atoms with Crippen LogP contribution in [0, 0.1) is 6.92 Å². The van der Waals surface area contributed by atoms with E-state index in [1.165, 1.54) is 6.07 Å². The minimum Gasteiger partial charge on any atom is -0.481 e. The molecule has 0 amide bonds. The molecule has 0 atom stereocenters. The Kier molecular flexibility index (Phi) is 3.01. The average Bonchev–Trinajstić information content (AvgIpc) is 2.72. The third-order valence-electron chi connectivity index (χ3n) is 2.53. The molecule has 6 heteroatoms. The van der Waals surface area contributed by atoms with Gasteiger partial charge in [0.15, 0.2) is 11.5 Å². The van der Waals surface area contributed by atoms with Crippen LogP contribution < -0.4 is 9.47 Å². The van der Waals surface area contributed by atoms with Gasteiger partial charge in [-0.15, -0.1) is 0 Å². The van der Waals surface area contributed by atoms with Gasteiger partial charge in [-0.3, -0.25) is 14.4 Å². The molecule has 2 rings (SSSR count). The number of carboxylic acid groups (broad SMARTS) is 1. The van der Waals surface area contributed by atoms with Gasteiger partial charge >= 0.3 is 5.97 Å². The molecule has 0 unspecified atom stereocenters. The summed E-state index contributed by atoms with van der Waals surface area (Å²) < 4.78 is 10.2. The van der Waals surface area contributed by atoms with Gasteiger partial charge in [-0.1, -0.05) is 0 Å². The molecule has 6 nitrogen and oxygen atoms in total. The SMILES string of the molecule is Cc1cc2c(cc1C(=O)C(=O)CC(=O)O)OCO2. The number of aliphatic carboxylic acids is 1. The average molecular weight is 250 g/mol. The lowest BCUT2D eigenvalue weighted by atomic mass is 10.00. The van der Waals surface area contributed by atoms with Gasteiger partial charge in [0.25, 0.3) is 0 Å². The van der Waals surface area contributed by atoms with Gasteiger partial charge in [0.05, 0.1) is 0 Å². The minimum atomic E-state index is -1.33. The monoisotopic (exact) mass is 250 g/mol. The van der Waals surface area contributed by atoms with E-state index in [2.05, 4.69) is 0 Å². The van der Waals surface area contributed by atoms with Crippen LogP contribution in [0.1, 0.15) is 22.3 Å². The van der Waals surface area contributed by atoms with Crippen molar-refractivity contribution in [2.45, 2.75) is 13.3 Å². The molecule has 0 fully saturated rings. The highest BCUT2D eigenvalue weighted by Crippen LogP contribution is 2.34. The summed E-state index contributed by atoms with van der Waals surface area (Å²) in [7, 11) is 0. The van der Waals surface area contributed by atoms with E-state index in [1.54, 1.807) is 13.0 Å². The van der Waals surface area contributed by atoms with Crippen LogP contribution in [0.4, 0.5) is 0 Å². The standard InChI is InChI=1S/C12H10O6/c1-6-2-9-10(18-5-17-9)3-7(6)12(16)8(13)4-11(14)15/h2-3H,4-5H2,1H3,(H,14,15). The van der Waals surface area contributed by atoms with Crippen molar-refractivity contribution in [2.24, 2.45) is 0 Å². The molecule has 0 saturated carbocycles. The van der Waals surface area contributed by atoms with Crippen LogP contribution in [-0.4, -0.2) is 29.4 Å². The fraction of sp³-hybridized carbons (Fsp3) is 0.250. The molecule has 1 N–H and O–H groups in total. The molecular weight excluding hydrogens is 240 g/mol. The van der Waals surface area contributed by atoms with E-state index in [0.29, 0.717) is 17.1 Å². The molecule has 0 aromatic heterocycles. The molecule has 0 bridgehead atoms. The third-order valence-corrected chi connectivity index (χ3v) is 2.53. The summed E-state index contributed by atoms with van der Waals surface area (Å²) in [5.74, 6) is -2.22. The Balaban J connectivity index is 2.31. The molecule has 0 aliphatic carbocycles. The smallest absolute Gasteiger partial charge is 0.311 e. The third kappa shape index (κ3) is 2.17. The normalized spacial score (nSPS) is 12.3. The van der Waals surface area contributed by atoms with Crippen molar-refractivity contribution in [3.63, 3.8) is 0 Å². The number of ether oxygens (including phenoxy) is 2. The Morgan fingerprint density at radius 2 is 1.83 bits per heavy atom. The first kappa shape index (κ1) is 12.1. The highest BCUT2D eigenvalue weighted by molar-refractivity contribution is 6.46. The van der Waals surface area contributed by atoms with Crippen molar-refractivity contribution < 1.29 is 29.0 Å². The summed E-state index contributed by atoms with van der Waals surface area (Å²) in [4.78, 5) is 33.6. The summed E-state index contributed by atoms with van der Waals surface area (Å²) in [5, 5.41) is 8.49. The highest BCUT2D eigenvalue weighted by Gasteiger charge is 2.24. The number of rotatable bonds is 4. The Bertz CT molecular complexity index is 546. The van der Waals surface area contributed by atoms with E-state index >= 15 is 0 Å². The minimum absolute atomic E-state index is 0.0650. The van der Waals surface area contributed by atoms with E-state index in [9.17, 15) is 14.4 Å². The quantitative estimate of drug-likeness (QED) is 0.486. The lowest BCUT2D eigenvalue weighted by Crippen LogP contribution is -2.18. The molecule has 0 saturated heterocycles. The summed E-state index contributed by atoms with van der Waals surface area (Å²) in [6, 6.07) is 2.99. The van der Waals surface area contributed by atoms with Gasteiger partial charge in [-0.25, -0.2) is 0 Å². The molecule has 0 spiro atoms. The summed E-state index contributed by atoms with van der Waals surface area (Å²) in [6.45, 7) is 1.71. The fourth-order valence-electron chi connectivity index (χ4n) is 1.66. The van der Waals surface area contributed by atoms with Crippen LogP contribution in [0.3, 0.4) is 0 Å². The van der Waals surface area contributed by atoms with Crippen molar-refractivity contribution in [3.05, 3.63) is 23.3 Å². The van der Waals surface area contributed by atoms with Crippen LogP contribution in [0.2, 0.25) is 0 Å². The number of Topliss-reactive ketones (excluding diaryl/α,β-unsaturated/α-hetero) is 2. The summed E-state index contributed by atoms with van der Waals surface area (Å²) in [5.41, 5.74) is 0.688. The second-order valence-electron chi connectivity index (χ2n) is 3.84. The first-order chi connectivity index (χ1) is 8.49. The van der Waals surface area contributed by atoms with Gasteiger partial charge in [0.2, 0.25) is 18.4 Å². The zero-order chi connectivity index (χ0) is 13.3. The van der Waals surface area contributed by atoms with E-state index in [4.69, 9.17) is 14.6 Å². The number of carbonyl (C=O) groups is 3. The highest BCUT2D eigenvalue weighted by atomic mass is 16.7. The fourth-order valence-corrected chi connectivity index (χ4v) is 1.66. The summed E-state index contributed by atoms with van der Waals surface area (Å²) in [6.07, 6.45) is -0.813. The maximum atomic E-state index is 11.8. The lowest BCUT2D eigenvalue weighted by Gasteiger charge is -2.05. The molecule has 1 aromatic carbocycles. The number of aryl methyl sites for hydroxylation is 1. The van der Waals surface area contributed by atoms with Crippen molar-refractivity contribution in [3.8, 4) is 11.5 Å². The van der Waals surface area contributed by atoms with E-state index in [1.807, 2.05) is 0 Å². The van der Waals surface area contributed by atoms with Crippen molar-refractivity contribution >= 4 is 17.5 Å². The van der Waals surface area contributed by atoms with E-state index < -0.39 is 24.0 Å². The maximum absolute atomic E-state index is 11.8. The zero-order valence-corrected chi connectivity index (χ0v) is 9.56. The Labute approximate surface area is 102 Å². The van der Waals surface area contributed by atoms with Crippen molar-refractivity contribution in [2.75, 3.05) is 6.79 Å². The number of carboxylic acids is 1. The predicted molar refractivity (Wildman–Crippen MR) is 58.9 cm³/mol. The van der Waals surface area contributed by atoms with Crippen LogP contribution in [0.25, 0.3) is 0 Å². The lowest BCUT2D eigenvalue weighted by molar-refractivity contribution is -0.139. The number of ketones is 2. The maximum Gasteiger partial charge on any atom is 0.311 e. The van der Waals surface area contributed by atoms with E-state index in [-0.39, 0.29) is 12.4 Å². The van der Waals surface area contributed by atoms with Crippen LogP contribution in [0.15, 0.2) is 12.1 Å². The molecule has 1 aromatic rings. The predicted octanol–water partition coefficient (Wildman–Crippen LogP) is 0.950. The molecular formula is C12H10O6. The molecule has 1 aliphatic heterocycles. The Morgan fingerprint density at radius 1 is 1.22 bits per heavy atom. The number of fused-ring (bicyclic) bond motifs is 1. The van der Waals surface area contributed by atoms with E-state index in [0.717, 1.165) is 0 Å². The van der Waals surface area contributed by atoms with Gasteiger partial charge in [-0.2, -0.15) is 0 Å². The van der Waals surface area contributed by atoms with Gasteiger partial charge in [-0.05, 0) is 24.6 Å². The first-order valence-electron chi connectivity index (χ1n) is 5.18. The van der Waals surface area contributed by atoms with Crippen molar-refractivity contribution in [1.82, 2.24) is 0 Å². The molecule has 94 valence electrons. The molecule has 18 heavy (non-hydrogen) atoms. The molecule has 0 radical (unpaired) electrons. The Morgan fingerprint density at radius 3 is 2.44 bits per heavy atom. The topological polar surface area (TPSA) is 89.9 Å². The van der Waals surface area contributed by atoms with Crippen molar-refractivity contribution in [1.29, 1.82) is 0 Å². The van der Waals surface area contributed by atoms with Crippen LogP contribution in [-0.2, 0) is 9.59 Å². The van der Waals surface area contributed by atoms with Crippen LogP contribution >= 0.6 is 0 Å². The zero-order valence-electron chi connectivity index (χ0n) is 9.56. The Hall–Kier alpha value is -2.37. The molecule has 1 aliphatic rings. The largest absolute Gasteiger partial charge is 0.481 e. The van der Waals surface area contributed by atoms with Crippen LogP contribution in [0.5, 0.6) is 11.5 Å². The number of benzene rings is 1. The second kappa shape index (κ2) is 4.48. The number of hydrogen-bond donors (Lipinski definition) is 1. The second-order valence-corrected chi connectivity index (χ2v) is 3.84. The van der Waals surface area contributed by atoms with Gasteiger partial charge in [0.1, 0.15) is 6.42 Å².